The molecule has 1 aliphatic rings. The number of aromatic amines is 1. The van der Waals surface area contributed by atoms with E-state index in [0.29, 0.717) is 16.8 Å². The number of amides is 1. The van der Waals surface area contributed by atoms with Crippen LogP contribution in [0.1, 0.15) is 19.8 Å². The van der Waals surface area contributed by atoms with Gasteiger partial charge in [0.15, 0.2) is 5.82 Å². The van der Waals surface area contributed by atoms with Crippen molar-refractivity contribution in [1.29, 1.82) is 0 Å². The van der Waals surface area contributed by atoms with Crippen molar-refractivity contribution in [1.82, 2.24) is 20.1 Å². The fraction of sp³-hybridized carbons (Fsp3) is 0.500. The summed E-state index contributed by atoms with van der Waals surface area (Å²) in [6, 6.07) is 3.98. The molecule has 0 radical (unpaired) electrons. The first-order valence-corrected chi connectivity index (χ1v) is 8.96. The van der Waals surface area contributed by atoms with Crippen LogP contribution in [-0.4, -0.2) is 44.8 Å². The molecule has 0 aliphatic carbocycles. The predicted molar refractivity (Wildman–Crippen MR) is 85.4 cm³/mol. The molecule has 0 bridgehead atoms. The monoisotopic (exact) mass is 322 g/mol. The Balaban J connectivity index is 1.54. The zero-order valence-electron chi connectivity index (χ0n) is 11.9. The molecule has 1 amide bonds. The number of nitrogens with zero attached hydrogens (tertiary/aromatic N) is 3. The average Bonchev–Trinajstić information content (AvgIpc) is 3.15. The largest absolute Gasteiger partial charge is 0.342 e. The van der Waals surface area contributed by atoms with Crippen molar-refractivity contribution in [3.05, 3.63) is 17.5 Å². The number of thiophene rings is 1. The van der Waals surface area contributed by atoms with E-state index in [1.807, 2.05) is 22.4 Å². The van der Waals surface area contributed by atoms with Crippen molar-refractivity contribution in [2.24, 2.45) is 5.92 Å². The molecule has 1 fully saturated rings. The molecule has 1 atom stereocenters. The van der Waals surface area contributed by atoms with Crippen molar-refractivity contribution < 1.29 is 4.79 Å². The number of rotatable bonds is 4. The summed E-state index contributed by atoms with van der Waals surface area (Å²) >= 11 is 3.02. The molecule has 3 rings (SSSR count). The number of nitrogens with one attached hydrogen (secondary N) is 1. The van der Waals surface area contributed by atoms with Gasteiger partial charge in [-0.05, 0) is 30.2 Å². The Morgan fingerprint density at radius 1 is 1.62 bits per heavy atom. The van der Waals surface area contributed by atoms with Gasteiger partial charge in [-0.15, -0.1) is 16.4 Å². The maximum Gasteiger partial charge on any atom is 0.233 e. The van der Waals surface area contributed by atoms with Gasteiger partial charge in [-0.25, -0.2) is 4.98 Å². The molecule has 1 aliphatic heterocycles. The van der Waals surface area contributed by atoms with Crippen LogP contribution in [0.25, 0.3) is 10.7 Å². The fourth-order valence-corrected chi connectivity index (χ4v) is 3.83. The molecule has 21 heavy (non-hydrogen) atoms. The fourth-order valence-electron chi connectivity index (χ4n) is 2.47. The number of aromatic nitrogens is 3. The number of carbonyl (C=O) groups excluding carboxylic acids is 1. The highest BCUT2D eigenvalue weighted by Crippen LogP contribution is 2.23. The van der Waals surface area contributed by atoms with Gasteiger partial charge in [0.2, 0.25) is 11.1 Å². The van der Waals surface area contributed by atoms with Crippen LogP contribution < -0.4 is 0 Å². The molecule has 1 N–H and O–H groups in total. The molecule has 5 nitrogen and oxygen atoms in total. The standard InChI is InChI=1S/C14H18N4OS2/c1-10-4-2-6-18(8-10)12(19)9-21-14-15-13(16-17-14)11-5-3-7-20-11/h3,5,7,10H,2,4,6,8-9H2,1H3,(H,15,16,17)/t10-/m1/s1. The second-order valence-electron chi connectivity index (χ2n) is 5.32. The van der Waals surface area contributed by atoms with Crippen molar-refractivity contribution in [3.8, 4) is 10.7 Å². The van der Waals surface area contributed by atoms with Crippen LogP contribution in [0.15, 0.2) is 22.7 Å². The Bertz CT molecular complexity index is 596. The molecule has 1 saturated heterocycles. The van der Waals surface area contributed by atoms with E-state index in [0.717, 1.165) is 30.2 Å². The minimum Gasteiger partial charge on any atom is -0.342 e. The highest BCUT2D eigenvalue weighted by Gasteiger charge is 2.21. The normalized spacial score (nSPS) is 18.9. The van der Waals surface area contributed by atoms with Gasteiger partial charge in [-0.1, -0.05) is 24.8 Å². The molecule has 0 spiro atoms. The number of H-pyrrole nitrogens is 1. The first-order chi connectivity index (χ1) is 10.2. The smallest absolute Gasteiger partial charge is 0.233 e. The van der Waals surface area contributed by atoms with Crippen LogP contribution in [0.3, 0.4) is 0 Å². The Kier molecular flexibility index (Phi) is 4.60. The molecule has 3 heterocycles. The van der Waals surface area contributed by atoms with Gasteiger partial charge >= 0.3 is 0 Å². The van der Waals surface area contributed by atoms with Crippen LogP contribution in [0.4, 0.5) is 0 Å². The minimum atomic E-state index is 0.189. The molecular formula is C14H18N4OS2. The van der Waals surface area contributed by atoms with E-state index in [-0.39, 0.29) is 5.91 Å². The summed E-state index contributed by atoms with van der Waals surface area (Å²) in [4.78, 5) is 19.6. The van der Waals surface area contributed by atoms with Gasteiger partial charge in [-0.3, -0.25) is 9.89 Å². The average molecular weight is 322 g/mol. The summed E-state index contributed by atoms with van der Waals surface area (Å²) in [7, 11) is 0. The van der Waals surface area contributed by atoms with E-state index in [4.69, 9.17) is 0 Å². The molecule has 7 heteroatoms. The number of carbonyl (C=O) groups is 1. The summed E-state index contributed by atoms with van der Waals surface area (Å²) in [5.74, 6) is 1.98. The summed E-state index contributed by atoms with van der Waals surface area (Å²) in [5.41, 5.74) is 0. The lowest BCUT2D eigenvalue weighted by Gasteiger charge is -2.30. The second kappa shape index (κ2) is 6.62. The molecule has 2 aromatic rings. The molecule has 2 aromatic heterocycles. The first-order valence-electron chi connectivity index (χ1n) is 7.09. The van der Waals surface area contributed by atoms with Crippen molar-refractivity contribution in [2.45, 2.75) is 24.9 Å². The van der Waals surface area contributed by atoms with Crippen LogP contribution in [0, 0.1) is 5.92 Å². The highest BCUT2D eigenvalue weighted by molar-refractivity contribution is 7.99. The zero-order valence-corrected chi connectivity index (χ0v) is 13.5. The summed E-state index contributed by atoms with van der Waals surface area (Å²) < 4.78 is 0. The van der Waals surface area contributed by atoms with Gasteiger partial charge < -0.3 is 4.90 Å². The lowest BCUT2D eigenvalue weighted by atomic mass is 10.0. The molecule has 0 unspecified atom stereocenters. The van der Waals surface area contributed by atoms with Gasteiger partial charge in [0.1, 0.15) is 0 Å². The third-order valence-corrected chi connectivity index (χ3v) is 5.26. The third kappa shape index (κ3) is 3.65. The van der Waals surface area contributed by atoms with E-state index >= 15 is 0 Å². The Morgan fingerprint density at radius 3 is 3.29 bits per heavy atom. The maximum atomic E-state index is 12.2. The summed E-state index contributed by atoms with van der Waals surface area (Å²) in [6.07, 6.45) is 2.34. The van der Waals surface area contributed by atoms with Crippen LogP contribution in [-0.2, 0) is 4.79 Å². The molecular weight excluding hydrogens is 304 g/mol. The molecule has 0 saturated carbocycles. The van der Waals surface area contributed by atoms with E-state index in [1.54, 1.807) is 11.3 Å². The topological polar surface area (TPSA) is 61.9 Å². The van der Waals surface area contributed by atoms with Gasteiger partial charge in [0.25, 0.3) is 0 Å². The Hall–Kier alpha value is -1.34. The lowest BCUT2D eigenvalue weighted by molar-refractivity contribution is -0.130. The number of likely N-dealkylation sites (tertiary alicyclic amines) is 1. The van der Waals surface area contributed by atoms with Crippen LogP contribution in [0.2, 0.25) is 0 Å². The highest BCUT2D eigenvalue weighted by atomic mass is 32.2. The van der Waals surface area contributed by atoms with Gasteiger partial charge in [0.05, 0.1) is 10.6 Å². The van der Waals surface area contributed by atoms with Gasteiger partial charge in [-0.2, -0.15) is 0 Å². The second-order valence-corrected chi connectivity index (χ2v) is 7.21. The number of piperidine rings is 1. The van der Waals surface area contributed by atoms with E-state index in [9.17, 15) is 4.79 Å². The van der Waals surface area contributed by atoms with E-state index < -0.39 is 0 Å². The van der Waals surface area contributed by atoms with Crippen LogP contribution >= 0.6 is 23.1 Å². The summed E-state index contributed by atoms with van der Waals surface area (Å²) in [6.45, 7) is 3.97. The third-order valence-electron chi connectivity index (χ3n) is 3.55. The van der Waals surface area contributed by atoms with Gasteiger partial charge in [0, 0.05) is 13.1 Å². The summed E-state index contributed by atoms with van der Waals surface area (Å²) in [5, 5.41) is 9.73. The predicted octanol–water partition coefficient (Wildman–Crippen LogP) is 2.88. The first kappa shape index (κ1) is 14.6. The minimum absolute atomic E-state index is 0.189. The SMILES string of the molecule is C[C@@H]1CCCN(C(=O)CSc2n[nH]c(-c3cccs3)n2)C1. The van der Waals surface area contributed by atoms with Crippen LogP contribution in [0.5, 0.6) is 0 Å². The van der Waals surface area contributed by atoms with Crippen molar-refractivity contribution >= 4 is 29.0 Å². The number of hydrogen-bond acceptors (Lipinski definition) is 5. The number of thioether (sulfide) groups is 1. The van der Waals surface area contributed by atoms with E-state index in [2.05, 4.69) is 22.1 Å². The van der Waals surface area contributed by atoms with Crippen molar-refractivity contribution in [3.63, 3.8) is 0 Å². The Morgan fingerprint density at radius 2 is 2.52 bits per heavy atom. The molecule has 0 aromatic carbocycles. The zero-order chi connectivity index (χ0) is 14.7. The lowest BCUT2D eigenvalue weighted by Crippen LogP contribution is -2.40. The van der Waals surface area contributed by atoms with Crippen molar-refractivity contribution in [2.75, 3.05) is 18.8 Å². The van der Waals surface area contributed by atoms with E-state index in [1.165, 1.54) is 18.2 Å². The molecule has 112 valence electrons. The Labute approximate surface area is 132 Å². The number of hydrogen-bond donors (Lipinski definition) is 1. The quantitative estimate of drug-likeness (QED) is 0.879. The maximum absolute atomic E-state index is 12.2.